The Kier molecular flexibility index (Phi) is 1.48. The molecule has 0 amide bonds. The molecule has 0 aliphatic carbocycles. The minimum atomic E-state index is -0.155. The molecule has 0 aromatic carbocycles. The smallest absolute Gasteiger partial charge is 0.271 e. The van der Waals surface area contributed by atoms with Gasteiger partial charge in [0.05, 0.1) is 17.5 Å². The van der Waals surface area contributed by atoms with Crippen LogP contribution in [-0.4, -0.2) is 22.8 Å². The first-order valence-corrected chi connectivity index (χ1v) is 3.40. The second-order valence-electron chi connectivity index (χ2n) is 2.29. The zero-order valence-corrected chi connectivity index (χ0v) is 6.11. The van der Waals surface area contributed by atoms with E-state index in [1.165, 1.54) is 6.34 Å². The number of hydrogen-bond donors (Lipinski definition) is 2. The molecular weight excluding hydrogens is 156 g/mol. The molecule has 1 aromatic rings. The molecule has 0 atom stereocenters. The monoisotopic (exact) mass is 162 g/mol. The molecular formula is C7H6N4O. The van der Waals surface area contributed by atoms with Crippen molar-refractivity contribution in [1.82, 2.24) is 10.2 Å². The standard InChI is InChI=1S/C7H6N4O/c12-7-5(2-10-11-7)1-6-3-8-4-9-6/h1-4H,(H2,10,11,12). The van der Waals surface area contributed by atoms with Crippen LogP contribution in [-0.2, 0) is 0 Å². The first kappa shape index (κ1) is 6.78. The largest absolute Gasteiger partial charge is 0.305 e. The van der Waals surface area contributed by atoms with E-state index in [4.69, 9.17) is 0 Å². The number of rotatable bonds is 1. The topological polar surface area (TPSA) is 73.4 Å². The summed E-state index contributed by atoms with van der Waals surface area (Å²) >= 11 is 0. The Morgan fingerprint density at radius 3 is 3.00 bits per heavy atom. The number of hydrogen-bond acceptors (Lipinski definition) is 3. The van der Waals surface area contributed by atoms with E-state index in [2.05, 4.69) is 20.2 Å². The fourth-order valence-corrected chi connectivity index (χ4v) is 0.901. The maximum absolute atomic E-state index is 11.0. The third-order valence-electron chi connectivity index (χ3n) is 1.46. The quantitative estimate of drug-likeness (QED) is 0.606. The number of nitrogens with zero attached hydrogens (tertiary/aromatic N) is 2. The average molecular weight is 162 g/mol. The number of nitrogens with one attached hydrogen (secondary N) is 2. The molecule has 60 valence electrons. The van der Waals surface area contributed by atoms with E-state index in [0.717, 1.165) is 0 Å². The van der Waals surface area contributed by atoms with Gasteiger partial charge < -0.3 is 5.10 Å². The summed E-state index contributed by atoms with van der Waals surface area (Å²) in [6.07, 6.45) is 6.26. The minimum absolute atomic E-state index is 0.155. The van der Waals surface area contributed by atoms with Gasteiger partial charge in [0, 0.05) is 6.20 Å². The molecule has 2 N–H and O–H groups in total. The summed E-state index contributed by atoms with van der Waals surface area (Å²) in [6.45, 7) is 0. The van der Waals surface area contributed by atoms with Gasteiger partial charge in [-0.2, -0.15) is 0 Å². The Morgan fingerprint density at radius 2 is 2.42 bits per heavy atom. The summed E-state index contributed by atoms with van der Waals surface area (Å²) in [6, 6.07) is 0. The zero-order chi connectivity index (χ0) is 8.39. The maximum atomic E-state index is 11.0. The number of allylic oxidation sites excluding steroid dienone is 1. The molecule has 1 aliphatic rings. The van der Waals surface area contributed by atoms with Crippen LogP contribution in [0, 0.1) is 0 Å². The molecule has 0 unspecified atom stereocenters. The van der Waals surface area contributed by atoms with Crippen LogP contribution in [0.15, 0.2) is 26.7 Å². The summed E-state index contributed by atoms with van der Waals surface area (Å²) in [4.78, 5) is 18.6. The predicted octanol–water partition coefficient (Wildman–Crippen LogP) is 0.157. The lowest BCUT2D eigenvalue weighted by atomic mass is 10.3. The average Bonchev–Trinajstić information content (AvgIpc) is 2.65. The highest BCUT2D eigenvalue weighted by Crippen LogP contribution is 2.02. The van der Waals surface area contributed by atoms with Crippen LogP contribution >= 0.6 is 0 Å². The fraction of sp³-hybridized carbons (Fsp3) is 0. The molecule has 1 aliphatic heterocycles. The molecule has 2 heterocycles. The van der Waals surface area contributed by atoms with Crippen molar-refractivity contribution >= 4 is 18.6 Å². The molecule has 0 fully saturated rings. The Bertz CT molecular complexity index is 407. The highest BCUT2D eigenvalue weighted by Gasteiger charge is 1.99. The van der Waals surface area contributed by atoms with Crippen molar-refractivity contribution < 1.29 is 0 Å². The number of aliphatic imine (C=N–C) groups is 2. The van der Waals surface area contributed by atoms with Crippen molar-refractivity contribution in [3.8, 4) is 0 Å². The maximum Gasteiger partial charge on any atom is 0.271 e. The lowest BCUT2D eigenvalue weighted by Crippen LogP contribution is -2.01. The number of H-pyrrole nitrogens is 2. The van der Waals surface area contributed by atoms with Crippen LogP contribution in [0.4, 0.5) is 0 Å². The lowest BCUT2D eigenvalue weighted by Gasteiger charge is -1.82. The lowest BCUT2D eigenvalue weighted by molar-refractivity contribution is 1.06. The van der Waals surface area contributed by atoms with Crippen molar-refractivity contribution in [2.75, 3.05) is 0 Å². The van der Waals surface area contributed by atoms with Gasteiger partial charge in [0.1, 0.15) is 6.34 Å². The second kappa shape index (κ2) is 2.61. The molecule has 5 nitrogen and oxygen atoms in total. The van der Waals surface area contributed by atoms with Gasteiger partial charge >= 0.3 is 0 Å². The molecule has 0 bridgehead atoms. The number of aromatic nitrogens is 2. The Morgan fingerprint density at radius 1 is 1.50 bits per heavy atom. The molecule has 12 heavy (non-hydrogen) atoms. The molecule has 0 saturated carbocycles. The Balaban J connectivity index is 2.40. The van der Waals surface area contributed by atoms with Crippen molar-refractivity contribution in [3.05, 3.63) is 27.8 Å². The van der Waals surface area contributed by atoms with Crippen molar-refractivity contribution in [3.63, 3.8) is 0 Å². The van der Waals surface area contributed by atoms with E-state index < -0.39 is 0 Å². The SMILES string of the molecule is O=c1[nH][nH]cc1C=C1C=NC=N1. The van der Waals surface area contributed by atoms with E-state index >= 15 is 0 Å². The second-order valence-corrected chi connectivity index (χ2v) is 2.29. The van der Waals surface area contributed by atoms with Crippen LogP contribution in [0.2, 0.25) is 0 Å². The molecule has 0 saturated heterocycles. The summed E-state index contributed by atoms with van der Waals surface area (Å²) < 4.78 is 0. The first-order valence-electron chi connectivity index (χ1n) is 3.40. The van der Waals surface area contributed by atoms with Crippen LogP contribution in [0.5, 0.6) is 0 Å². The summed E-state index contributed by atoms with van der Waals surface area (Å²) in [7, 11) is 0. The van der Waals surface area contributed by atoms with Gasteiger partial charge in [-0.15, -0.1) is 0 Å². The van der Waals surface area contributed by atoms with E-state index in [9.17, 15) is 4.79 Å². The molecule has 1 aromatic heterocycles. The molecule has 0 radical (unpaired) electrons. The van der Waals surface area contributed by atoms with Crippen molar-refractivity contribution in [2.24, 2.45) is 9.98 Å². The van der Waals surface area contributed by atoms with Crippen molar-refractivity contribution in [2.45, 2.75) is 0 Å². The Labute approximate surface area is 67.5 Å². The third-order valence-corrected chi connectivity index (χ3v) is 1.46. The summed E-state index contributed by atoms with van der Waals surface area (Å²) in [5.41, 5.74) is 1.08. The van der Waals surface area contributed by atoms with Gasteiger partial charge in [-0.25, -0.2) is 9.98 Å². The van der Waals surface area contributed by atoms with E-state index in [-0.39, 0.29) is 5.56 Å². The van der Waals surface area contributed by atoms with Crippen LogP contribution in [0.1, 0.15) is 5.56 Å². The third kappa shape index (κ3) is 1.12. The summed E-state index contributed by atoms with van der Waals surface area (Å²) in [5, 5.41) is 5.01. The highest BCUT2D eigenvalue weighted by molar-refractivity contribution is 5.95. The normalized spacial score (nSPS) is 17.8. The number of aromatic amines is 2. The van der Waals surface area contributed by atoms with Gasteiger partial charge in [0.2, 0.25) is 0 Å². The van der Waals surface area contributed by atoms with Gasteiger partial charge in [-0.1, -0.05) is 0 Å². The van der Waals surface area contributed by atoms with Crippen LogP contribution in [0.3, 0.4) is 0 Å². The van der Waals surface area contributed by atoms with E-state index in [0.29, 0.717) is 11.3 Å². The molecule has 0 spiro atoms. The predicted molar refractivity (Wildman–Crippen MR) is 46.4 cm³/mol. The molecule has 5 heteroatoms. The van der Waals surface area contributed by atoms with Gasteiger partial charge in [-0.3, -0.25) is 9.89 Å². The molecule has 2 rings (SSSR count). The minimum Gasteiger partial charge on any atom is -0.305 e. The highest BCUT2D eigenvalue weighted by atomic mass is 16.1. The first-order chi connectivity index (χ1) is 5.86. The summed E-state index contributed by atoms with van der Waals surface area (Å²) in [5.74, 6) is 0. The fourth-order valence-electron chi connectivity index (χ4n) is 0.901. The van der Waals surface area contributed by atoms with E-state index in [1.54, 1.807) is 18.5 Å². The Hall–Kier alpha value is -1.91. The van der Waals surface area contributed by atoms with E-state index in [1.807, 2.05) is 0 Å². The van der Waals surface area contributed by atoms with Crippen LogP contribution in [0.25, 0.3) is 6.08 Å². The van der Waals surface area contributed by atoms with Gasteiger partial charge in [0.15, 0.2) is 0 Å². The van der Waals surface area contributed by atoms with Gasteiger partial charge in [0.25, 0.3) is 5.56 Å². The van der Waals surface area contributed by atoms with Gasteiger partial charge in [-0.05, 0) is 6.08 Å². The van der Waals surface area contributed by atoms with Crippen LogP contribution < -0.4 is 5.56 Å². The zero-order valence-electron chi connectivity index (χ0n) is 6.11. The van der Waals surface area contributed by atoms with Crippen molar-refractivity contribution in [1.29, 1.82) is 0 Å².